The van der Waals surface area contributed by atoms with E-state index in [4.69, 9.17) is 16.9 Å². The van der Waals surface area contributed by atoms with E-state index in [9.17, 15) is 8.42 Å². The summed E-state index contributed by atoms with van der Waals surface area (Å²) in [6.07, 6.45) is 0.446. The molecule has 0 amide bonds. The summed E-state index contributed by atoms with van der Waals surface area (Å²) < 4.78 is 25.0. The van der Waals surface area contributed by atoms with Crippen molar-refractivity contribution in [2.45, 2.75) is 13.0 Å². The van der Waals surface area contributed by atoms with Gasteiger partial charge in [-0.05, 0) is 24.1 Å². The molecular formula is C12H15ClN2O2S. The highest BCUT2D eigenvalue weighted by atomic mass is 35.5. The van der Waals surface area contributed by atoms with Crippen LogP contribution in [-0.4, -0.2) is 31.4 Å². The fourth-order valence-electron chi connectivity index (χ4n) is 1.43. The number of rotatable bonds is 6. The summed E-state index contributed by atoms with van der Waals surface area (Å²) in [7, 11) is -1.71. The van der Waals surface area contributed by atoms with Crippen LogP contribution in [0.4, 0.5) is 0 Å². The molecule has 0 aliphatic rings. The van der Waals surface area contributed by atoms with Gasteiger partial charge in [0.25, 0.3) is 0 Å². The zero-order valence-electron chi connectivity index (χ0n) is 10.1. The van der Waals surface area contributed by atoms with Crippen molar-refractivity contribution in [3.63, 3.8) is 0 Å². The molecule has 18 heavy (non-hydrogen) atoms. The summed E-state index contributed by atoms with van der Waals surface area (Å²) in [5.74, 6) is 0.396. The molecule has 1 rings (SSSR count). The lowest BCUT2D eigenvalue weighted by molar-refractivity contribution is 0.466. The smallest absolute Gasteiger partial charge is 0.212 e. The number of nitrogens with zero attached hydrogens (tertiary/aromatic N) is 2. The van der Waals surface area contributed by atoms with E-state index in [0.29, 0.717) is 24.4 Å². The fourth-order valence-corrected chi connectivity index (χ4v) is 2.89. The van der Waals surface area contributed by atoms with E-state index in [1.807, 2.05) is 6.07 Å². The van der Waals surface area contributed by atoms with Crippen molar-refractivity contribution < 1.29 is 8.42 Å². The Labute approximate surface area is 113 Å². The van der Waals surface area contributed by atoms with Crippen LogP contribution in [0.1, 0.15) is 17.5 Å². The van der Waals surface area contributed by atoms with Gasteiger partial charge in [0.15, 0.2) is 0 Å². The van der Waals surface area contributed by atoms with E-state index in [2.05, 4.69) is 0 Å². The van der Waals surface area contributed by atoms with Gasteiger partial charge in [-0.2, -0.15) is 5.26 Å². The van der Waals surface area contributed by atoms with Gasteiger partial charge >= 0.3 is 0 Å². The molecule has 0 aromatic heterocycles. The highest BCUT2D eigenvalue weighted by molar-refractivity contribution is 7.89. The Hall–Kier alpha value is -1.09. The summed E-state index contributed by atoms with van der Waals surface area (Å²) in [6.45, 7) is 0.302. The number of sulfonamides is 1. The Bertz CT molecular complexity index is 520. The lowest BCUT2D eigenvalue weighted by atomic mass is 10.1. The molecule has 0 heterocycles. The maximum Gasteiger partial charge on any atom is 0.214 e. The average Bonchev–Trinajstić information content (AvgIpc) is 2.37. The van der Waals surface area contributed by atoms with Gasteiger partial charge in [-0.15, -0.1) is 11.6 Å². The van der Waals surface area contributed by atoms with E-state index in [1.54, 1.807) is 31.3 Å². The predicted molar refractivity (Wildman–Crippen MR) is 71.7 cm³/mol. The summed E-state index contributed by atoms with van der Waals surface area (Å²) in [4.78, 5) is 0. The molecule has 1 aromatic rings. The third-order valence-electron chi connectivity index (χ3n) is 2.50. The number of hydrogen-bond acceptors (Lipinski definition) is 3. The van der Waals surface area contributed by atoms with Gasteiger partial charge in [0.05, 0.1) is 17.4 Å². The van der Waals surface area contributed by atoms with Crippen molar-refractivity contribution in [2.75, 3.05) is 18.7 Å². The second-order valence-corrected chi connectivity index (χ2v) is 6.50. The molecule has 0 radical (unpaired) electrons. The minimum atomic E-state index is -3.25. The summed E-state index contributed by atoms with van der Waals surface area (Å²) in [6, 6.07) is 8.88. The zero-order valence-corrected chi connectivity index (χ0v) is 11.7. The second kappa shape index (κ2) is 6.74. The van der Waals surface area contributed by atoms with Crippen LogP contribution in [0.3, 0.4) is 0 Å². The van der Waals surface area contributed by atoms with Crippen LogP contribution >= 0.6 is 11.6 Å². The van der Waals surface area contributed by atoms with Crippen molar-refractivity contribution >= 4 is 21.6 Å². The maximum absolute atomic E-state index is 11.8. The van der Waals surface area contributed by atoms with Gasteiger partial charge in [0, 0.05) is 19.5 Å². The number of benzene rings is 1. The van der Waals surface area contributed by atoms with Crippen LogP contribution in [0.2, 0.25) is 0 Å². The SMILES string of the molecule is CN(Cc1ccc(C#N)cc1)S(=O)(=O)CCCCl. The fraction of sp³-hybridized carbons (Fsp3) is 0.417. The van der Waals surface area contributed by atoms with Gasteiger partial charge < -0.3 is 0 Å². The lowest BCUT2D eigenvalue weighted by Crippen LogP contribution is -2.29. The minimum Gasteiger partial charge on any atom is -0.212 e. The third-order valence-corrected chi connectivity index (χ3v) is 4.65. The van der Waals surface area contributed by atoms with Crippen LogP contribution in [0.25, 0.3) is 0 Å². The molecule has 4 nitrogen and oxygen atoms in total. The predicted octanol–water partition coefficient (Wildman–Crippen LogP) is 1.95. The van der Waals surface area contributed by atoms with Crippen LogP contribution in [-0.2, 0) is 16.6 Å². The first-order valence-electron chi connectivity index (χ1n) is 5.48. The highest BCUT2D eigenvalue weighted by Crippen LogP contribution is 2.10. The van der Waals surface area contributed by atoms with E-state index in [0.717, 1.165) is 5.56 Å². The quantitative estimate of drug-likeness (QED) is 0.751. The molecule has 0 aliphatic heterocycles. The largest absolute Gasteiger partial charge is 0.214 e. The molecule has 1 aromatic carbocycles. The van der Waals surface area contributed by atoms with Crippen LogP contribution in [0.5, 0.6) is 0 Å². The van der Waals surface area contributed by atoms with Crippen molar-refractivity contribution in [2.24, 2.45) is 0 Å². The Morgan fingerprint density at radius 2 is 1.94 bits per heavy atom. The Morgan fingerprint density at radius 3 is 2.44 bits per heavy atom. The Morgan fingerprint density at radius 1 is 1.33 bits per heavy atom. The molecule has 0 unspecified atom stereocenters. The first-order chi connectivity index (χ1) is 8.49. The first-order valence-corrected chi connectivity index (χ1v) is 7.63. The highest BCUT2D eigenvalue weighted by Gasteiger charge is 2.17. The summed E-state index contributed by atoms with van der Waals surface area (Å²) in [5.41, 5.74) is 1.41. The molecule has 0 spiro atoms. The molecule has 98 valence electrons. The maximum atomic E-state index is 11.8. The third kappa shape index (κ3) is 4.30. The molecule has 0 aliphatic carbocycles. The van der Waals surface area contributed by atoms with Crippen molar-refractivity contribution in [1.29, 1.82) is 5.26 Å². The molecule has 6 heteroatoms. The summed E-state index contributed by atoms with van der Waals surface area (Å²) in [5, 5.41) is 8.67. The molecule has 0 saturated heterocycles. The van der Waals surface area contributed by atoms with Crippen LogP contribution in [0, 0.1) is 11.3 Å². The molecule has 0 bridgehead atoms. The van der Waals surface area contributed by atoms with Crippen molar-refractivity contribution in [1.82, 2.24) is 4.31 Å². The number of alkyl halides is 1. The van der Waals surface area contributed by atoms with E-state index in [1.165, 1.54) is 4.31 Å². The first kappa shape index (κ1) is 15.0. The van der Waals surface area contributed by atoms with Crippen LogP contribution in [0.15, 0.2) is 24.3 Å². The van der Waals surface area contributed by atoms with Crippen LogP contribution < -0.4 is 0 Å². The van der Waals surface area contributed by atoms with E-state index < -0.39 is 10.0 Å². The zero-order chi connectivity index (χ0) is 13.6. The van der Waals surface area contributed by atoms with Crippen molar-refractivity contribution in [3.8, 4) is 6.07 Å². The van der Waals surface area contributed by atoms with Gasteiger partial charge in [0.2, 0.25) is 10.0 Å². The molecule has 0 atom stereocenters. The number of nitriles is 1. The molecule has 0 fully saturated rings. The van der Waals surface area contributed by atoms with Gasteiger partial charge in [-0.25, -0.2) is 12.7 Å². The van der Waals surface area contributed by atoms with Gasteiger partial charge in [0.1, 0.15) is 0 Å². The Kier molecular flexibility index (Phi) is 5.60. The minimum absolute atomic E-state index is 0.0588. The monoisotopic (exact) mass is 286 g/mol. The van der Waals surface area contributed by atoms with Crippen molar-refractivity contribution in [3.05, 3.63) is 35.4 Å². The topological polar surface area (TPSA) is 61.2 Å². The summed E-state index contributed by atoms with van der Waals surface area (Å²) >= 11 is 5.49. The van der Waals surface area contributed by atoms with Gasteiger partial charge in [-0.1, -0.05) is 12.1 Å². The lowest BCUT2D eigenvalue weighted by Gasteiger charge is -2.16. The standard InChI is InChI=1S/C12H15ClN2O2S/c1-15(18(16,17)8-2-7-13)10-12-5-3-11(9-14)4-6-12/h3-6H,2,7-8,10H2,1H3. The second-order valence-electron chi connectivity index (χ2n) is 3.92. The average molecular weight is 287 g/mol. The molecule has 0 saturated carbocycles. The number of hydrogen-bond donors (Lipinski definition) is 0. The molecular weight excluding hydrogens is 272 g/mol. The van der Waals surface area contributed by atoms with E-state index >= 15 is 0 Å². The number of halogens is 1. The van der Waals surface area contributed by atoms with E-state index in [-0.39, 0.29) is 5.75 Å². The normalized spacial score (nSPS) is 11.4. The Balaban J connectivity index is 2.69. The van der Waals surface area contributed by atoms with Gasteiger partial charge in [-0.3, -0.25) is 0 Å². The molecule has 0 N–H and O–H groups in total.